The fraction of sp³-hybridized carbons (Fsp3) is 1.00. The summed E-state index contributed by atoms with van der Waals surface area (Å²) in [5, 5.41) is 0. The molecular weight excluding hydrogens is 204 g/mol. The van der Waals surface area contributed by atoms with E-state index in [2.05, 4.69) is 57.2 Å². The van der Waals surface area contributed by atoms with Crippen molar-refractivity contribution in [2.45, 2.75) is 33.2 Å². The van der Waals surface area contributed by atoms with Gasteiger partial charge < -0.3 is 0 Å². The first-order valence-corrected chi connectivity index (χ1v) is 6.45. The molecule has 0 aromatic rings. The van der Waals surface area contributed by atoms with E-state index in [0.29, 0.717) is 11.0 Å². The Morgan fingerprint density at radius 1 is 1.27 bits per heavy atom. The van der Waals surface area contributed by atoms with Gasteiger partial charge in [-0.1, -0.05) is 13.8 Å². The Balaban J connectivity index is 2.53. The molecule has 15 heavy (non-hydrogen) atoms. The van der Waals surface area contributed by atoms with E-state index in [1.807, 2.05) is 0 Å². The van der Waals surface area contributed by atoms with Crippen molar-refractivity contribution >= 4 is 12.6 Å². The van der Waals surface area contributed by atoms with E-state index >= 15 is 0 Å². The fourth-order valence-electron chi connectivity index (χ4n) is 2.13. The van der Waals surface area contributed by atoms with Gasteiger partial charge in [-0.3, -0.25) is 9.80 Å². The Morgan fingerprint density at radius 3 is 2.33 bits per heavy atom. The summed E-state index contributed by atoms with van der Waals surface area (Å²) in [6.07, 6.45) is 0. The Kier molecular flexibility index (Phi) is 4.13. The predicted molar refractivity (Wildman–Crippen MR) is 70.8 cm³/mol. The summed E-state index contributed by atoms with van der Waals surface area (Å²) in [5.41, 5.74) is 0.639. The first-order chi connectivity index (χ1) is 6.77. The second-order valence-electron chi connectivity index (χ2n) is 6.27. The van der Waals surface area contributed by atoms with Gasteiger partial charge in [-0.15, -0.1) is 0 Å². The Labute approximate surface area is 100 Å². The van der Waals surface area contributed by atoms with E-state index in [1.54, 1.807) is 0 Å². The summed E-state index contributed by atoms with van der Waals surface area (Å²) < 4.78 is 0. The molecule has 0 aliphatic carbocycles. The van der Waals surface area contributed by atoms with E-state index in [1.165, 1.54) is 19.6 Å². The predicted octanol–water partition coefficient (Wildman–Crippen LogP) is 1.97. The SMILES string of the molecule is CN1CCN(CC(C)(C)CS)CC1(C)C. The average molecular weight is 230 g/mol. The molecular formula is C12H26N2S. The van der Waals surface area contributed by atoms with Gasteiger partial charge in [-0.25, -0.2) is 0 Å². The smallest absolute Gasteiger partial charge is 0.0277 e. The average Bonchev–Trinajstić information content (AvgIpc) is 2.10. The third kappa shape index (κ3) is 3.65. The van der Waals surface area contributed by atoms with Crippen LogP contribution in [0.25, 0.3) is 0 Å². The lowest BCUT2D eigenvalue weighted by molar-refractivity contribution is 0.0250. The van der Waals surface area contributed by atoms with Gasteiger partial charge in [0.15, 0.2) is 0 Å². The quantitative estimate of drug-likeness (QED) is 0.741. The van der Waals surface area contributed by atoms with E-state index in [0.717, 1.165) is 12.3 Å². The molecule has 0 atom stereocenters. The number of rotatable bonds is 3. The maximum absolute atomic E-state index is 4.42. The minimum absolute atomic E-state index is 0.310. The third-order valence-corrected chi connectivity index (χ3v) is 4.33. The number of piperazine rings is 1. The van der Waals surface area contributed by atoms with Crippen LogP contribution in [-0.2, 0) is 0 Å². The lowest BCUT2D eigenvalue weighted by atomic mass is 9.92. The lowest BCUT2D eigenvalue weighted by Crippen LogP contribution is -2.58. The normalized spacial score (nSPS) is 24.4. The molecule has 0 aromatic heterocycles. The van der Waals surface area contributed by atoms with Crippen molar-refractivity contribution in [2.75, 3.05) is 39.0 Å². The molecule has 90 valence electrons. The molecule has 0 spiro atoms. The van der Waals surface area contributed by atoms with Gasteiger partial charge in [0.25, 0.3) is 0 Å². The van der Waals surface area contributed by atoms with Crippen molar-refractivity contribution in [1.82, 2.24) is 9.80 Å². The van der Waals surface area contributed by atoms with Crippen LogP contribution in [-0.4, -0.2) is 54.3 Å². The van der Waals surface area contributed by atoms with Gasteiger partial charge in [-0.2, -0.15) is 12.6 Å². The molecule has 1 heterocycles. The Bertz CT molecular complexity index is 212. The minimum Gasteiger partial charge on any atom is -0.300 e. The minimum atomic E-state index is 0.310. The molecule has 0 unspecified atom stereocenters. The molecule has 1 fully saturated rings. The molecule has 0 N–H and O–H groups in total. The largest absolute Gasteiger partial charge is 0.300 e. The highest BCUT2D eigenvalue weighted by atomic mass is 32.1. The van der Waals surface area contributed by atoms with Gasteiger partial charge in [0.1, 0.15) is 0 Å². The summed E-state index contributed by atoms with van der Waals surface area (Å²) >= 11 is 4.42. The highest BCUT2D eigenvalue weighted by Gasteiger charge is 2.32. The molecule has 0 amide bonds. The van der Waals surface area contributed by atoms with Crippen LogP contribution in [0.4, 0.5) is 0 Å². The van der Waals surface area contributed by atoms with Gasteiger partial charge in [-0.05, 0) is 32.1 Å². The summed E-state index contributed by atoms with van der Waals surface area (Å²) in [5.74, 6) is 0.958. The lowest BCUT2D eigenvalue weighted by Gasteiger charge is -2.47. The molecule has 1 aliphatic heterocycles. The van der Waals surface area contributed by atoms with E-state index in [9.17, 15) is 0 Å². The number of thiol groups is 1. The van der Waals surface area contributed by atoms with Crippen molar-refractivity contribution in [3.8, 4) is 0 Å². The van der Waals surface area contributed by atoms with Crippen LogP contribution in [0.15, 0.2) is 0 Å². The first-order valence-electron chi connectivity index (χ1n) is 5.81. The van der Waals surface area contributed by atoms with Gasteiger partial charge in [0.05, 0.1) is 0 Å². The van der Waals surface area contributed by atoms with Crippen molar-refractivity contribution < 1.29 is 0 Å². The number of hydrogen-bond acceptors (Lipinski definition) is 3. The summed E-state index contributed by atoms with van der Waals surface area (Å²) in [6, 6.07) is 0. The maximum atomic E-state index is 4.42. The molecule has 0 aromatic carbocycles. The van der Waals surface area contributed by atoms with Gasteiger partial charge in [0, 0.05) is 31.7 Å². The van der Waals surface area contributed by atoms with Crippen LogP contribution < -0.4 is 0 Å². The summed E-state index contributed by atoms with van der Waals surface area (Å²) in [6.45, 7) is 13.9. The molecule has 0 bridgehead atoms. The van der Waals surface area contributed by atoms with Crippen LogP contribution in [0.5, 0.6) is 0 Å². The molecule has 1 saturated heterocycles. The summed E-state index contributed by atoms with van der Waals surface area (Å²) in [7, 11) is 2.22. The Morgan fingerprint density at radius 2 is 1.87 bits per heavy atom. The fourth-order valence-corrected chi connectivity index (χ4v) is 2.23. The maximum Gasteiger partial charge on any atom is 0.0277 e. The standard InChI is InChI=1S/C12H26N2S/c1-11(2,10-15)8-14-7-6-13(5)12(3,4)9-14/h15H,6-10H2,1-5H3. The van der Waals surface area contributed by atoms with Crippen molar-refractivity contribution in [3.63, 3.8) is 0 Å². The summed E-state index contributed by atoms with van der Waals surface area (Å²) in [4.78, 5) is 5.04. The van der Waals surface area contributed by atoms with Crippen molar-refractivity contribution in [2.24, 2.45) is 5.41 Å². The third-order valence-electron chi connectivity index (χ3n) is 3.48. The van der Waals surface area contributed by atoms with E-state index < -0.39 is 0 Å². The zero-order chi connectivity index (χ0) is 11.7. The van der Waals surface area contributed by atoms with Crippen LogP contribution in [0, 0.1) is 5.41 Å². The second kappa shape index (κ2) is 4.64. The highest BCUT2D eigenvalue weighted by molar-refractivity contribution is 7.80. The van der Waals surface area contributed by atoms with Gasteiger partial charge >= 0.3 is 0 Å². The number of likely N-dealkylation sites (N-methyl/N-ethyl adjacent to an activating group) is 1. The van der Waals surface area contributed by atoms with E-state index in [-0.39, 0.29) is 0 Å². The molecule has 0 saturated carbocycles. The van der Waals surface area contributed by atoms with Crippen LogP contribution in [0.1, 0.15) is 27.7 Å². The van der Waals surface area contributed by atoms with E-state index in [4.69, 9.17) is 0 Å². The molecule has 2 nitrogen and oxygen atoms in total. The number of hydrogen-bond donors (Lipinski definition) is 1. The highest BCUT2D eigenvalue weighted by Crippen LogP contribution is 2.24. The molecule has 0 radical (unpaired) electrons. The molecule has 1 rings (SSSR count). The molecule has 3 heteroatoms. The van der Waals surface area contributed by atoms with Crippen LogP contribution in [0.2, 0.25) is 0 Å². The zero-order valence-electron chi connectivity index (χ0n) is 10.9. The number of nitrogens with zero attached hydrogens (tertiary/aromatic N) is 2. The van der Waals surface area contributed by atoms with Crippen LogP contribution in [0.3, 0.4) is 0 Å². The van der Waals surface area contributed by atoms with Crippen molar-refractivity contribution in [1.29, 1.82) is 0 Å². The topological polar surface area (TPSA) is 6.48 Å². The second-order valence-corrected chi connectivity index (χ2v) is 6.58. The molecule has 1 aliphatic rings. The first kappa shape index (κ1) is 13.3. The monoisotopic (exact) mass is 230 g/mol. The van der Waals surface area contributed by atoms with Crippen molar-refractivity contribution in [3.05, 3.63) is 0 Å². The zero-order valence-corrected chi connectivity index (χ0v) is 11.8. The Hall–Kier alpha value is 0.270. The van der Waals surface area contributed by atoms with Gasteiger partial charge in [0.2, 0.25) is 0 Å². The van der Waals surface area contributed by atoms with Crippen LogP contribution >= 0.6 is 12.6 Å².